The molecule has 1 aromatic carbocycles. The second-order valence-corrected chi connectivity index (χ2v) is 5.89. The molecule has 1 aliphatic rings. The highest BCUT2D eigenvalue weighted by Crippen LogP contribution is 2.38. The zero-order valence-electron chi connectivity index (χ0n) is 13.6. The first-order chi connectivity index (χ1) is 12.2. The number of benzene rings is 1. The molecule has 0 bridgehead atoms. The molecule has 0 unspecified atom stereocenters. The van der Waals surface area contributed by atoms with Crippen LogP contribution in [-0.4, -0.2) is 37.0 Å². The van der Waals surface area contributed by atoms with E-state index in [-0.39, 0.29) is 0 Å². The van der Waals surface area contributed by atoms with E-state index >= 15 is 0 Å². The summed E-state index contributed by atoms with van der Waals surface area (Å²) >= 11 is 0. The van der Waals surface area contributed by atoms with Gasteiger partial charge in [-0.3, -0.25) is 5.10 Å². The van der Waals surface area contributed by atoms with Crippen molar-refractivity contribution in [1.29, 1.82) is 0 Å². The maximum atomic E-state index is 5.39. The zero-order valence-corrected chi connectivity index (χ0v) is 13.6. The van der Waals surface area contributed by atoms with Gasteiger partial charge in [0, 0.05) is 17.5 Å². The summed E-state index contributed by atoms with van der Waals surface area (Å²) in [6, 6.07) is 5.94. The first-order valence-electron chi connectivity index (χ1n) is 7.82. The Hall–Kier alpha value is -3.42. The third-order valence-corrected chi connectivity index (χ3v) is 4.40. The van der Waals surface area contributed by atoms with Crippen molar-refractivity contribution in [2.45, 2.75) is 13.3 Å². The summed E-state index contributed by atoms with van der Waals surface area (Å²) < 4.78 is 12.8. The standard InChI is InChI=1S/C17H14N6O2/c1-9-20-17(25-22-9)16-14-5-10-7-19-21-15(10)12-6-11(24-2)3-4-13(12)23(14)8-18-16/h3-4,6-8H,5H2,1-2H3,(H,19,21). The summed E-state index contributed by atoms with van der Waals surface area (Å²) in [5.41, 5.74) is 5.73. The Morgan fingerprint density at radius 2 is 2.24 bits per heavy atom. The lowest BCUT2D eigenvalue weighted by Crippen LogP contribution is -2.00. The molecule has 0 spiro atoms. The number of ether oxygens (including phenoxy) is 1. The van der Waals surface area contributed by atoms with Gasteiger partial charge in [0.25, 0.3) is 5.89 Å². The van der Waals surface area contributed by atoms with E-state index in [1.54, 1.807) is 20.4 Å². The fraction of sp³-hybridized carbons (Fsp3) is 0.176. The van der Waals surface area contributed by atoms with Crippen LogP contribution in [-0.2, 0) is 6.42 Å². The van der Waals surface area contributed by atoms with Crippen LogP contribution in [0.1, 0.15) is 17.1 Å². The Bertz CT molecular complexity index is 1090. The lowest BCUT2D eigenvalue weighted by atomic mass is 10.0. The summed E-state index contributed by atoms with van der Waals surface area (Å²) in [6.07, 6.45) is 4.28. The maximum absolute atomic E-state index is 5.39. The molecule has 0 radical (unpaired) electrons. The van der Waals surface area contributed by atoms with Crippen LogP contribution in [0.15, 0.2) is 35.2 Å². The number of fused-ring (bicyclic) bond motifs is 5. The quantitative estimate of drug-likeness (QED) is 0.533. The SMILES string of the molecule is COc1ccc2c(c1)-c1[nH]ncc1Cc1c(-c3nc(C)no3)ncn1-2. The van der Waals surface area contributed by atoms with E-state index in [0.717, 1.165) is 34.0 Å². The van der Waals surface area contributed by atoms with Gasteiger partial charge in [0.05, 0.1) is 30.4 Å². The van der Waals surface area contributed by atoms with Crippen molar-refractivity contribution in [1.82, 2.24) is 29.9 Å². The Morgan fingerprint density at radius 1 is 1.32 bits per heavy atom. The van der Waals surface area contributed by atoms with Crippen molar-refractivity contribution in [3.8, 4) is 34.3 Å². The van der Waals surface area contributed by atoms with Gasteiger partial charge in [0.15, 0.2) is 11.5 Å². The number of aromatic amines is 1. The maximum Gasteiger partial charge on any atom is 0.278 e. The molecule has 1 N–H and O–H groups in total. The number of aryl methyl sites for hydroxylation is 1. The average Bonchev–Trinajstić information content (AvgIpc) is 3.34. The van der Waals surface area contributed by atoms with Gasteiger partial charge in [-0.05, 0) is 25.1 Å². The van der Waals surface area contributed by atoms with Gasteiger partial charge in [-0.15, -0.1) is 0 Å². The van der Waals surface area contributed by atoms with Crippen molar-refractivity contribution in [2.75, 3.05) is 7.11 Å². The Morgan fingerprint density at radius 3 is 3.04 bits per heavy atom. The van der Waals surface area contributed by atoms with Gasteiger partial charge >= 0.3 is 0 Å². The Balaban J connectivity index is 1.79. The molecule has 8 heteroatoms. The lowest BCUT2D eigenvalue weighted by molar-refractivity contribution is 0.415. The first-order valence-corrected chi connectivity index (χ1v) is 7.82. The Labute approximate surface area is 142 Å². The van der Waals surface area contributed by atoms with Crippen molar-refractivity contribution in [2.24, 2.45) is 0 Å². The number of hydrogen-bond acceptors (Lipinski definition) is 6. The summed E-state index contributed by atoms with van der Waals surface area (Å²) in [6.45, 7) is 1.79. The summed E-state index contributed by atoms with van der Waals surface area (Å²) in [4.78, 5) is 8.85. The van der Waals surface area contributed by atoms with Crippen LogP contribution in [0.2, 0.25) is 0 Å². The fourth-order valence-electron chi connectivity index (χ4n) is 3.23. The summed E-state index contributed by atoms with van der Waals surface area (Å²) in [7, 11) is 1.66. The number of imidazole rings is 1. The molecule has 4 aromatic rings. The van der Waals surface area contributed by atoms with Crippen molar-refractivity contribution < 1.29 is 9.26 Å². The molecule has 4 heterocycles. The van der Waals surface area contributed by atoms with Gasteiger partial charge in [0.2, 0.25) is 0 Å². The molecule has 8 nitrogen and oxygen atoms in total. The number of H-pyrrole nitrogens is 1. The number of nitrogens with one attached hydrogen (secondary N) is 1. The highest BCUT2D eigenvalue weighted by molar-refractivity contribution is 5.77. The molecule has 25 heavy (non-hydrogen) atoms. The number of hydrogen-bond donors (Lipinski definition) is 1. The van der Waals surface area contributed by atoms with E-state index < -0.39 is 0 Å². The van der Waals surface area contributed by atoms with Gasteiger partial charge in [0.1, 0.15) is 12.1 Å². The normalized spacial score (nSPS) is 12.2. The van der Waals surface area contributed by atoms with Crippen molar-refractivity contribution in [3.05, 3.63) is 47.8 Å². The highest BCUT2D eigenvalue weighted by Gasteiger charge is 2.26. The summed E-state index contributed by atoms with van der Waals surface area (Å²) in [5.74, 6) is 1.79. The topological polar surface area (TPSA) is 94.7 Å². The monoisotopic (exact) mass is 334 g/mol. The molecular formula is C17H14N6O2. The van der Waals surface area contributed by atoms with E-state index in [1.807, 2.05) is 24.4 Å². The van der Waals surface area contributed by atoms with Crippen LogP contribution >= 0.6 is 0 Å². The van der Waals surface area contributed by atoms with Crippen LogP contribution in [0.5, 0.6) is 5.75 Å². The Kier molecular flexibility index (Phi) is 2.81. The van der Waals surface area contributed by atoms with Crippen LogP contribution in [0, 0.1) is 6.92 Å². The van der Waals surface area contributed by atoms with E-state index in [1.165, 1.54) is 0 Å². The van der Waals surface area contributed by atoms with E-state index in [0.29, 0.717) is 23.8 Å². The van der Waals surface area contributed by atoms with Gasteiger partial charge < -0.3 is 13.8 Å². The number of aromatic nitrogens is 6. The fourth-order valence-corrected chi connectivity index (χ4v) is 3.23. The highest BCUT2D eigenvalue weighted by atomic mass is 16.5. The van der Waals surface area contributed by atoms with Gasteiger partial charge in [-0.2, -0.15) is 10.1 Å². The minimum absolute atomic E-state index is 0.424. The number of nitrogens with zero attached hydrogens (tertiary/aromatic N) is 5. The molecule has 0 fully saturated rings. The van der Waals surface area contributed by atoms with Crippen LogP contribution < -0.4 is 4.74 Å². The average molecular weight is 334 g/mol. The third-order valence-electron chi connectivity index (χ3n) is 4.40. The van der Waals surface area contributed by atoms with Gasteiger partial charge in [-0.25, -0.2) is 4.98 Å². The summed E-state index contributed by atoms with van der Waals surface area (Å²) in [5, 5.41) is 11.2. The number of rotatable bonds is 2. The van der Waals surface area contributed by atoms with Crippen LogP contribution in [0.3, 0.4) is 0 Å². The second kappa shape index (κ2) is 5.04. The second-order valence-electron chi connectivity index (χ2n) is 5.89. The lowest BCUT2D eigenvalue weighted by Gasteiger charge is -2.11. The molecule has 0 saturated carbocycles. The minimum Gasteiger partial charge on any atom is -0.497 e. The molecule has 3 aromatic heterocycles. The molecule has 0 atom stereocenters. The van der Waals surface area contributed by atoms with E-state index in [4.69, 9.17) is 9.26 Å². The smallest absolute Gasteiger partial charge is 0.278 e. The predicted octanol–water partition coefficient (Wildman–Crippen LogP) is 2.53. The number of methoxy groups -OCH3 is 1. The van der Waals surface area contributed by atoms with E-state index in [9.17, 15) is 0 Å². The molecule has 1 aliphatic heterocycles. The van der Waals surface area contributed by atoms with Crippen molar-refractivity contribution in [3.63, 3.8) is 0 Å². The molecule has 0 aliphatic carbocycles. The zero-order chi connectivity index (χ0) is 17.0. The third kappa shape index (κ3) is 2.00. The van der Waals surface area contributed by atoms with Crippen molar-refractivity contribution >= 4 is 0 Å². The largest absolute Gasteiger partial charge is 0.497 e. The molecular weight excluding hydrogens is 320 g/mol. The van der Waals surface area contributed by atoms with E-state index in [2.05, 4.69) is 29.9 Å². The molecule has 124 valence electrons. The van der Waals surface area contributed by atoms with Crippen LogP contribution in [0.4, 0.5) is 0 Å². The minimum atomic E-state index is 0.424. The predicted molar refractivity (Wildman–Crippen MR) is 88.5 cm³/mol. The van der Waals surface area contributed by atoms with Crippen LogP contribution in [0.25, 0.3) is 28.5 Å². The molecule has 0 amide bonds. The first kappa shape index (κ1) is 14.0. The molecule has 0 saturated heterocycles. The van der Waals surface area contributed by atoms with Gasteiger partial charge in [-0.1, -0.05) is 5.16 Å². The molecule has 5 rings (SSSR count).